The van der Waals surface area contributed by atoms with E-state index in [4.69, 9.17) is 23.9 Å². The topological polar surface area (TPSA) is 94.7 Å². The lowest BCUT2D eigenvalue weighted by molar-refractivity contribution is 0.0292. The van der Waals surface area contributed by atoms with Crippen LogP contribution in [0.3, 0.4) is 0 Å². The molecular formula is C28H32FN3O5. The van der Waals surface area contributed by atoms with Gasteiger partial charge < -0.3 is 29.2 Å². The number of carbonyl (C=O) groups is 1. The molecule has 4 aliphatic rings. The molecule has 2 aliphatic heterocycles. The first kappa shape index (κ1) is 24.2. The monoisotopic (exact) mass is 509 g/mol. The Hall–Kier alpha value is -3.17. The molecule has 2 fully saturated rings. The number of nitrogens with one attached hydrogen (secondary N) is 2. The van der Waals surface area contributed by atoms with Crippen molar-refractivity contribution in [2.75, 3.05) is 20.3 Å². The largest absolute Gasteiger partial charge is 0.470 e. The molecule has 37 heavy (non-hydrogen) atoms. The highest BCUT2D eigenvalue weighted by Crippen LogP contribution is 2.38. The molecule has 0 spiro atoms. The number of rotatable bonds is 5. The van der Waals surface area contributed by atoms with Gasteiger partial charge in [0.2, 0.25) is 0 Å². The smallest absolute Gasteiger partial charge is 0.407 e. The van der Waals surface area contributed by atoms with Gasteiger partial charge in [-0.25, -0.2) is 14.2 Å². The summed E-state index contributed by atoms with van der Waals surface area (Å²) in [7, 11) is 1.37. The molecule has 9 heteroatoms. The predicted octanol–water partition coefficient (Wildman–Crippen LogP) is 4.62. The Labute approximate surface area is 214 Å². The summed E-state index contributed by atoms with van der Waals surface area (Å²) in [6.45, 7) is 3.18. The van der Waals surface area contributed by atoms with Crippen molar-refractivity contribution < 1.29 is 28.1 Å². The van der Waals surface area contributed by atoms with Crippen molar-refractivity contribution in [1.29, 1.82) is 0 Å². The van der Waals surface area contributed by atoms with Gasteiger partial charge in [-0.05, 0) is 43.3 Å². The molecule has 2 aliphatic carbocycles. The van der Waals surface area contributed by atoms with E-state index in [9.17, 15) is 4.79 Å². The summed E-state index contributed by atoms with van der Waals surface area (Å²) >= 11 is 0. The van der Waals surface area contributed by atoms with Gasteiger partial charge in [-0.15, -0.1) is 0 Å². The summed E-state index contributed by atoms with van der Waals surface area (Å²) in [5.41, 5.74) is 3.52. The van der Waals surface area contributed by atoms with Crippen molar-refractivity contribution in [3.8, 4) is 5.88 Å². The van der Waals surface area contributed by atoms with Crippen LogP contribution in [0.1, 0.15) is 44.7 Å². The van der Waals surface area contributed by atoms with Crippen molar-refractivity contribution in [1.82, 2.24) is 15.3 Å². The fraction of sp³-hybridized carbons (Fsp3) is 0.500. The standard InChI is InChI=1S/C28H32FN3O5/c1-28(10-7-17(8-11-28)16-3-5-18(6-4-16)30-27(33)34-2)26-19(29)13-20-21(32-26)14-24(31-20)37-23-15-36-22-9-12-35-25(22)23/h3,7-8,10,13-14,18,22-23,25,31H,4-6,9,11-12,15H2,1-2H3,(H,30,33)/t18?,22?,23-,25?,28-/m1/s1. The van der Waals surface area contributed by atoms with Crippen LogP contribution in [0.5, 0.6) is 5.88 Å². The van der Waals surface area contributed by atoms with Crippen molar-refractivity contribution in [2.45, 2.75) is 68.8 Å². The van der Waals surface area contributed by atoms with Crippen molar-refractivity contribution in [2.24, 2.45) is 0 Å². The Balaban J connectivity index is 1.16. The average Bonchev–Trinajstić information content (AvgIpc) is 3.61. The molecule has 0 saturated carbocycles. The lowest BCUT2D eigenvalue weighted by atomic mass is 9.76. The molecular weight excluding hydrogens is 477 g/mol. The van der Waals surface area contributed by atoms with Gasteiger partial charge in [0.05, 0.1) is 36.5 Å². The van der Waals surface area contributed by atoms with E-state index in [1.807, 2.05) is 13.0 Å². The quantitative estimate of drug-likeness (QED) is 0.611. The van der Waals surface area contributed by atoms with Gasteiger partial charge in [0.15, 0.2) is 12.0 Å². The Bertz CT molecular complexity index is 1300. The van der Waals surface area contributed by atoms with Gasteiger partial charge in [-0.1, -0.05) is 31.2 Å². The number of carbonyl (C=O) groups excluding carboxylic acids is 1. The van der Waals surface area contributed by atoms with Crippen LogP contribution in [0, 0.1) is 5.82 Å². The van der Waals surface area contributed by atoms with Gasteiger partial charge in [-0.3, -0.25) is 0 Å². The minimum atomic E-state index is -0.561. The van der Waals surface area contributed by atoms with Gasteiger partial charge in [0, 0.05) is 30.2 Å². The number of allylic oxidation sites excluding steroid dienone is 5. The van der Waals surface area contributed by atoms with E-state index in [-0.39, 0.29) is 30.2 Å². The lowest BCUT2D eigenvalue weighted by Crippen LogP contribution is -2.35. The predicted molar refractivity (Wildman–Crippen MR) is 135 cm³/mol. The fourth-order valence-corrected chi connectivity index (χ4v) is 5.76. The summed E-state index contributed by atoms with van der Waals surface area (Å²) in [4.78, 5) is 19.3. The third kappa shape index (κ3) is 4.66. The van der Waals surface area contributed by atoms with Gasteiger partial charge in [-0.2, -0.15) is 0 Å². The van der Waals surface area contributed by atoms with Gasteiger partial charge in [0.25, 0.3) is 0 Å². The van der Waals surface area contributed by atoms with Gasteiger partial charge in [0.1, 0.15) is 11.9 Å². The van der Waals surface area contributed by atoms with Crippen LogP contribution in [-0.4, -0.2) is 60.7 Å². The highest BCUT2D eigenvalue weighted by molar-refractivity contribution is 5.77. The molecule has 3 unspecified atom stereocenters. The number of ether oxygens (including phenoxy) is 4. The van der Waals surface area contributed by atoms with E-state index in [0.717, 1.165) is 31.3 Å². The van der Waals surface area contributed by atoms with Crippen LogP contribution in [-0.2, 0) is 19.6 Å². The SMILES string of the molecule is COC(=O)NC1CC=C(C2=CC[C@](C)(c3nc4cc(O[C@@H]5COC6CCOC65)[nH]c4cc3F)C=C2)CC1. The molecule has 5 atom stereocenters. The Morgan fingerprint density at radius 3 is 2.92 bits per heavy atom. The van der Waals surface area contributed by atoms with E-state index in [0.29, 0.717) is 42.2 Å². The number of nitrogens with zero attached hydrogens (tertiary/aromatic N) is 1. The molecule has 0 radical (unpaired) electrons. The van der Waals surface area contributed by atoms with E-state index >= 15 is 4.39 Å². The summed E-state index contributed by atoms with van der Waals surface area (Å²) in [6.07, 6.45) is 11.9. The van der Waals surface area contributed by atoms with Crippen LogP contribution in [0.15, 0.2) is 47.6 Å². The highest BCUT2D eigenvalue weighted by Gasteiger charge is 2.43. The Morgan fingerprint density at radius 1 is 1.27 bits per heavy atom. The molecule has 2 aromatic heterocycles. The van der Waals surface area contributed by atoms with Crippen molar-refractivity contribution in [3.05, 3.63) is 59.1 Å². The second kappa shape index (κ2) is 9.61. The molecule has 4 heterocycles. The Morgan fingerprint density at radius 2 is 2.16 bits per heavy atom. The van der Waals surface area contributed by atoms with Crippen LogP contribution in [0.25, 0.3) is 11.0 Å². The maximum atomic E-state index is 15.3. The number of hydrogen-bond acceptors (Lipinski definition) is 6. The normalized spacial score (nSPS) is 31.1. The van der Waals surface area contributed by atoms with Crippen LogP contribution in [0.4, 0.5) is 9.18 Å². The first-order valence-corrected chi connectivity index (χ1v) is 12.9. The minimum Gasteiger partial charge on any atom is -0.470 e. The number of pyridine rings is 1. The zero-order chi connectivity index (χ0) is 25.6. The molecule has 0 bridgehead atoms. The number of aromatic amines is 1. The summed E-state index contributed by atoms with van der Waals surface area (Å²) < 4.78 is 37.6. The zero-order valence-electron chi connectivity index (χ0n) is 21.1. The average molecular weight is 510 g/mol. The first-order valence-electron chi connectivity index (χ1n) is 12.9. The van der Waals surface area contributed by atoms with Crippen LogP contribution < -0.4 is 10.1 Å². The second-order valence-corrected chi connectivity index (χ2v) is 10.5. The van der Waals surface area contributed by atoms with E-state index in [2.05, 4.69) is 34.6 Å². The van der Waals surface area contributed by atoms with Crippen LogP contribution >= 0.6 is 0 Å². The van der Waals surface area contributed by atoms with Crippen molar-refractivity contribution in [3.63, 3.8) is 0 Å². The molecule has 2 N–H and O–H groups in total. The number of hydrogen-bond donors (Lipinski definition) is 2. The zero-order valence-corrected chi connectivity index (χ0v) is 21.1. The van der Waals surface area contributed by atoms with E-state index < -0.39 is 11.5 Å². The maximum absolute atomic E-state index is 15.3. The molecule has 2 aromatic rings. The minimum absolute atomic E-state index is 0.0618. The second-order valence-electron chi connectivity index (χ2n) is 10.5. The molecule has 0 aromatic carbocycles. The summed E-state index contributed by atoms with van der Waals surface area (Å²) in [5.74, 6) is 0.196. The number of fused-ring (bicyclic) bond motifs is 2. The summed E-state index contributed by atoms with van der Waals surface area (Å²) in [6, 6.07) is 3.41. The number of halogens is 1. The molecule has 1 amide bonds. The van der Waals surface area contributed by atoms with E-state index in [1.54, 1.807) is 0 Å². The third-order valence-corrected chi connectivity index (χ3v) is 7.94. The molecule has 8 nitrogen and oxygen atoms in total. The number of alkyl carbamates (subject to hydrolysis) is 1. The summed E-state index contributed by atoms with van der Waals surface area (Å²) in [5, 5.41) is 2.86. The van der Waals surface area contributed by atoms with E-state index in [1.165, 1.54) is 18.7 Å². The molecule has 6 rings (SSSR count). The lowest BCUT2D eigenvalue weighted by Gasteiger charge is -2.30. The maximum Gasteiger partial charge on any atom is 0.407 e. The third-order valence-electron chi connectivity index (χ3n) is 7.94. The first-order chi connectivity index (χ1) is 17.9. The number of amides is 1. The number of methoxy groups -OCH3 is 1. The highest BCUT2D eigenvalue weighted by atomic mass is 19.1. The van der Waals surface area contributed by atoms with Gasteiger partial charge >= 0.3 is 6.09 Å². The van der Waals surface area contributed by atoms with Crippen LogP contribution in [0.2, 0.25) is 0 Å². The molecule has 196 valence electrons. The molecule has 2 saturated heterocycles. The number of H-pyrrole nitrogens is 1. The fourth-order valence-electron chi connectivity index (χ4n) is 5.76. The Kier molecular flexibility index (Phi) is 6.28. The van der Waals surface area contributed by atoms with Crippen molar-refractivity contribution >= 4 is 17.1 Å². The number of aromatic nitrogens is 2.